The van der Waals surface area contributed by atoms with E-state index in [1.165, 1.54) is 41.7 Å². The van der Waals surface area contributed by atoms with Crippen LogP contribution in [0.4, 0.5) is 0 Å². The van der Waals surface area contributed by atoms with Crippen molar-refractivity contribution >= 4 is 11.8 Å². The van der Waals surface area contributed by atoms with E-state index in [1.54, 1.807) is 11.8 Å². The van der Waals surface area contributed by atoms with Crippen LogP contribution in [0.1, 0.15) is 36.8 Å². The molecule has 1 heterocycles. The molecule has 0 saturated carbocycles. The summed E-state index contributed by atoms with van der Waals surface area (Å²) in [5, 5.41) is 10.2. The van der Waals surface area contributed by atoms with Crippen molar-refractivity contribution in [1.82, 2.24) is 4.90 Å². The summed E-state index contributed by atoms with van der Waals surface area (Å²) in [7, 11) is 0. The van der Waals surface area contributed by atoms with Crippen molar-refractivity contribution in [3.8, 4) is 0 Å². The molecule has 0 spiro atoms. The SMILES string of the molecule is Cc1cc(C)cc(SCC(O)CN2CCCCCC2)c1. The standard InChI is InChI=1S/C17H27NOS/c1-14-9-15(2)11-17(10-14)20-13-16(19)12-18-7-5-3-4-6-8-18/h9-11,16,19H,3-8,12-13H2,1-2H3. The van der Waals surface area contributed by atoms with Crippen LogP contribution in [0.25, 0.3) is 0 Å². The Morgan fingerprint density at radius 2 is 1.65 bits per heavy atom. The maximum absolute atomic E-state index is 10.2. The second-order valence-electron chi connectivity index (χ2n) is 6.00. The molecule has 0 aromatic heterocycles. The first kappa shape index (κ1) is 15.9. The lowest BCUT2D eigenvalue weighted by Crippen LogP contribution is -2.34. The van der Waals surface area contributed by atoms with Crippen LogP contribution >= 0.6 is 11.8 Å². The molecule has 1 aliphatic heterocycles. The van der Waals surface area contributed by atoms with Crippen LogP contribution in [0.15, 0.2) is 23.1 Å². The molecule has 0 aliphatic carbocycles. The summed E-state index contributed by atoms with van der Waals surface area (Å²) in [5.74, 6) is 0.791. The zero-order chi connectivity index (χ0) is 14.4. The molecule has 1 aromatic carbocycles. The molecule has 1 fully saturated rings. The number of β-amino-alcohol motifs (C(OH)–C–C–N with tert-alkyl or cyclic N) is 1. The molecule has 0 radical (unpaired) electrons. The van der Waals surface area contributed by atoms with Gasteiger partial charge in [0.1, 0.15) is 0 Å². The number of hydrogen-bond donors (Lipinski definition) is 1. The van der Waals surface area contributed by atoms with Gasteiger partial charge in [0.2, 0.25) is 0 Å². The summed E-state index contributed by atoms with van der Waals surface area (Å²) in [4.78, 5) is 3.71. The Kier molecular flexibility index (Phi) is 6.40. The fraction of sp³-hybridized carbons (Fsp3) is 0.647. The van der Waals surface area contributed by atoms with Crippen molar-refractivity contribution in [1.29, 1.82) is 0 Å². The summed E-state index contributed by atoms with van der Waals surface area (Å²) in [6, 6.07) is 6.60. The predicted octanol–water partition coefficient (Wildman–Crippen LogP) is 3.63. The van der Waals surface area contributed by atoms with Gasteiger partial charge in [-0.1, -0.05) is 18.9 Å². The van der Waals surface area contributed by atoms with Gasteiger partial charge >= 0.3 is 0 Å². The summed E-state index contributed by atoms with van der Waals surface area (Å²) >= 11 is 1.77. The second kappa shape index (κ2) is 8.06. The highest BCUT2D eigenvalue weighted by Gasteiger charge is 2.14. The summed E-state index contributed by atoms with van der Waals surface area (Å²) in [6.45, 7) is 7.41. The number of aliphatic hydroxyl groups excluding tert-OH is 1. The molecule has 0 amide bonds. The second-order valence-corrected chi connectivity index (χ2v) is 7.10. The quantitative estimate of drug-likeness (QED) is 0.839. The van der Waals surface area contributed by atoms with Gasteiger partial charge < -0.3 is 10.0 Å². The van der Waals surface area contributed by atoms with Crippen LogP contribution in [-0.4, -0.2) is 41.5 Å². The molecule has 1 saturated heterocycles. The van der Waals surface area contributed by atoms with E-state index in [0.717, 1.165) is 25.4 Å². The molecule has 20 heavy (non-hydrogen) atoms. The molecule has 3 heteroatoms. The number of aliphatic hydroxyl groups is 1. The summed E-state index contributed by atoms with van der Waals surface area (Å²) in [5.41, 5.74) is 2.60. The highest BCUT2D eigenvalue weighted by atomic mass is 32.2. The normalized spacial score (nSPS) is 18.8. The van der Waals surface area contributed by atoms with Crippen molar-refractivity contribution in [3.05, 3.63) is 29.3 Å². The van der Waals surface area contributed by atoms with Crippen molar-refractivity contribution in [2.24, 2.45) is 0 Å². The number of benzene rings is 1. The Bertz CT molecular complexity index is 393. The minimum absolute atomic E-state index is 0.223. The van der Waals surface area contributed by atoms with Crippen LogP contribution in [0, 0.1) is 13.8 Å². The highest BCUT2D eigenvalue weighted by molar-refractivity contribution is 7.99. The first-order valence-electron chi connectivity index (χ1n) is 7.75. The van der Waals surface area contributed by atoms with Gasteiger partial charge in [0.05, 0.1) is 6.10 Å². The van der Waals surface area contributed by atoms with Crippen LogP contribution in [0.2, 0.25) is 0 Å². The number of aryl methyl sites for hydroxylation is 2. The Morgan fingerprint density at radius 1 is 1.05 bits per heavy atom. The van der Waals surface area contributed by atoms with E-state index in [1.807, 2.05) is 0 Å². The first-order chi connectivity index (χ1) is 9.63. The third-order valence-corrected chi connectivity index (χ3v) is 4.93. The Labute approximate surface area is 127 Å². The molecule has 112 valence electrons. The van der Waals surface area contributed by atoms with Crippen molar-refractivity contribution in [2.45, 2.75) is 50.5 Å². The van der Waals surface area contributed by atoms with Gasteiger partial charge in [0.15, 0.2) is 0 Å². The Balaban J connectivity index is 1.77. The monoisotopic (exact) mass is 293 g/mol. The average molecular weight is 293 g/mol. The molecule has 1 aromatic rings. The largest absolute Gasteiger partial charge is 0.391 e. The van der Waals surface area contributed by atoms with Gasteiger partial charge in [-0.25, -0.2) is 0 Å². The zero-order valence-electron chi connectivity index (χ0n) is 12.8. The van der Waals surface area contributed by atoms with Crippen molar-refractivity contribution in [3.63, 3.8) is 0 Å². The van der Waals surface area contributed by atoms with E-state index < -0.39 is 0 Å². The first-order valence-corrected chi connectivity index (χ1v) is 8.73. The zero-order valence-corrected chi connectivity index (χ0v) is 13.6. The molecular weight excluding hydrogens is 266 g/mol. The summed E-state index contributed by atoms with van der Waals surface area (Å²) in [6.07, 6.45) is 5.06. The minimum atomic E-state index is -0.223. The number of nitrogens with zero attached hydrogens (tertiary/aromatic N) is 1. The maximum atomic E-state index is 10.2. The fourth-order valence-corrected chi connectivity index (χ4v) is 3.91. The van der Waals surface area contributed by atoms with E-state index in [9.17, 15) is 5.11 Å². The summed E-state index contributed by atoms with van der Waals surface area (Å²) < 4.78 is 0. The molecule has 2 rings (SSSR count). The van der Waals surface area contributed by atoms with Gasteiger partial charge in [0.25, 0.3) is 0 Å². The third-order valence-electron chi connectivity index (χ3n) is 3.81. The smallest absolute Gasteiger partial charge is 0.0760 e. The van der Waals surface area contributed by atoms with Gasteiger partial charge in [-0.05, 0) is 63.0 Å². The Hall–Kier alpha value is -0.510. The number of likely N-dealkylation sites (tertiary alicyclic amines) is 1. The molecule has 1 aliphatic rings. The lowest BCUT2D eigenvalue weighted by molar-refractivity contribution is 0.132. The van der Waals surface area contributed by atoms with Gasteiger partial charge in [-0.15, -0.1) is 11.8 Å². The molecule has 1 atom stereocenters. The van der Waals surface area contributed by atoms with Gasteiger partial charge in [-0.2, -0.15) is 0 Å². The molecule has 0 bridgehead atoms. The number of rotatable bonds is 5. The van der Waals surface area contributed by atoms with E-state index in [2.05, 4.69) is 36.9 Å². The van der Waals surface area contributed by atoms with Crippen molar-refractivity contribution in [2.75, 3.05) is 25.4 Å². The predicted molar refractivity (Wildman–Crippen MR) is 87.6 cm³/mol. The number of thioether (sulfide) groups is 1. The minimum Gasteiger partial charge on any atom is -0.391 e. The topological polar surface area (TPSA) is 23.5 Å². The molecule has 1 N–H and O–H groups in total. The van der Waals surface area contributed by atoms with Crippen LogP contribution in [0.5, 0.6) is 0 Å². The number of hydrogen-bond acceptors (Lipinski definition) is 3. The van der Waals surface area contributed by atoms with E-state index in [-0.39, 0.29) is 6.10 Å². The van der Waals surface area contributed by atoms with Crippen LogP contribution < -0.4 is 0 Å². The Morgan fingerprint density at radius 3 is 2.25 bits per heavy atom. The maximum Gasteiger partial charge on any atom is 0.0760 e. The lowest BCUT2D eigenvalue weighted by atomic mass is 10.2. The van der Waals surface area contributed by atoms with Crippen LogP contribution in [-0.2, 0) is 0 Å². The van der Waals surface area contributed by atoms with Crippen molar-refractivity contribution < 1.29 is 5.11 Å². The van der Waals surface area contributed by atoms with Crippen LogP contribution in [0.3, 0.4) is 0 Å². The molecule has 1 unspecified atom stereocenters. The fourth-order valence-electron chi connectivity index (χ4n) is 2.88. The average Bonchev–Trinajstić information content (AvgIpc) is 2.64. The highest BCUT2D eigenvalue weighted by Crippen LogP contribution is 2.22. The van der Waals surface area contributed by atoms with E-state index in [4.69, 9.17) is 0 Å². The molecular formula is C17H27NOS. The lowest BCUT2D eigenvalue weighted by Gasteiger charge is -2.23. The van der Waals surface area contributed by atoms with E-state index >= 15 is 0 Å². The van der Waals surface area contributed by atoms with Gasteiger partial charge in [0, 0.05) is 17.2 Å². The van der Waals surface area contributed by atoms with E-state index in [0.29, 0.717) is 0 Å². The van der Waals surface area contributed by atoms with Gasteiger partial charge in [-0.3, -0.25) is 0 Å². The molecule has 2 nitrogen and oxygen atoms in total. The third kappa shape index (κ3) is 5.47.